The molecule has 0 aliphatic heterocycles. The van der Waals surface area contributed by atoms with E-state index in [0.29, 0.717) is 32.7 Å². The second-order valence-electron chi connectivity index (χ2n) is 14.4. The van der Waals surface area contributed by atoms with E-state index >= 15 is 0 Å². The van der Waals surface area contributed by atoms with Gasteiger partial charge >= 0.3 is 12.1 Å². The predicted molar refractivity (Wildman–Crippen MR) is 218 cm³/mol. The lowest BCUT2D eigenvalue weighted by atomic mass is 9.92. The summed E-state index contributed by atoms with van der Waals surface area (Å²) in [5.74, 6) is 2.09. The van der Waals surface area contributed by atoms with Crippen LogP contribution in [0, 0.1) is 12.3 Å². The van der Waals surface area contributed by atoms with Crippen LogP contribution in [0.1, 0.15) is 105 Å². The molecule has 0 spiro atoms. The maximum atomic E-state index is 12.5. The van der Waals surface area contributed by atoms with Crippen molar-refractivity contribution in [2.75, 3.05) is 19.8 Å². The van der Waals surface area contributed by atoms with Gasteiger partial charge in [-0.05, 0) is 97.9 Å². The molecule has 0 fully saturated rings. The van der Waals surface area contributed by atoms with Gasteiger partial charge in [-0.25, -0.2) is 4.79 Å². The number of carbonyl (C=O) groups is 4. The minimum Gasteiger partial charge on any atom is -0.494 e. The molecule has 2 rings (SSSR count). The molecule has 55 heavy (non-hydrogen) atoms. The summed E-state index contributed by atoms with van der Waals surface area (Å²) in [4.78, 5) is 48.8. The molecule has 0 bridgehead atoms. The summed E-state index contributed by atoms with van der Waals surface area (Å²) in [6.07, 6.45) is 13.8. The van der Waals surface area contributed by atoms with Gasteiger partial charge < -0.3 is 29.6 Å². The largest absolute Gasteiger partial charge is 0.494 e. The SMILES string of the molecule is C#C/C(=C/C)C/C=C\C(=C)CC(C(=O)OCC)c1ccc(OCCCC)cc1.CC(=O)[C@@H](COCc1ccccc1)NC(=O)C(C)(C)NC(=O)OC(C)(C)C. The Morgan fingerprint density at radius 3 is 2.18 bits per heavy atom. The summed E-state index contributed by atoms with van der Waals surface area (Å²) >= 11 is 0. The van der Waals surface area contributed by atoms with Crippen LogP contribution in [-0.4, -0.2) is 60.8 Å². The first-order chi connectivity index (χ1) is 26.0. The third kappa shape index (κ3) is 20.2. The number of Topliss-reactive ketones (excluding diaryl/α,β-unsaturated/α-hetero) is 1. The second-order valence-corrected chi connectivity index (χ2v) is 14.4. The van der Waals surface area contributed by atoms with Crippen LogP contribution in [0.4, 0.5) is 4.79 Å². The summed E-state index contributed by atoms with van der Waals surface area (Å²) in [5, 5.41) is 5.14. The smallest absolute Gasteiger partial charge is 0.408 e. The fraction of sp³-hybridized carbons (Fsp3) is 0.467. The molecule has 0 saturated heterocycles. The zero-order valence-corrected chi connectivity index (χ0v) is 34.3. The quantitative estimate of drug-likeness (QED) is 0.0595. The number of hydrogen-bond acceptors (Lipinski definition) is 8. The van der Waals surface area contributed by atoms with Crippen molar-refractivity contribution in [1.82, 2.24) is 10.6 Å². The van der Waals surface area contributed by atoms with Crippen LogP contribution in [0.25, 0.3) is 0 Å². The number of nitrogens with one attached hydrogen (secondary N) is 2. The molecule has 2 amide bonds. The van der Waals surface area contributed by atoms with Gasteiger partial charge in [0.05, 0.1) is 32.3 Å². The van der Waals surface area contributed by atoms with Crippen molar-refractivity contribution < 1.29 is 38.1 Å². The van der Waals surface area contributed by atoms with Gasteiger partial charge in [-0.2, -0.15) is 0 Å². The van der Waals surface area contributed by atoms with E-state index in [1.54, 1.807) is 20.8 Å². The standard InChI is InChI=1S/C25H32O3.C20H30N2O5/c1-6-10-18-28-23-16-14-22(15-17-23)24(25(26)27-9-4)19-20(5)12-11-13-21(7-2)8-3;1-14(23)16(13-26-12-15-10-8-7-9-11-15)21-17(24)20(5,6)22-18(25)27-19(2,3)4/h2,8,11-12,14-17,24H,5-6,9-10,13,18-19H2,1,3-4H3;7-11,16H,12-13H2,1-6H3,(H,21,24)(H,22,25)/b12-11-,21-8-;/t;16-/m.1/s1. The molecule has 0 aliphatic carbocycles. The van der Waals surface area contributed by atoms with Gasteiger partial charge in [0.15, 0.2) is 5.78 Å². The fourth-order valence-corrected chi connectivity index (χ4v) is 4.74. The maximum Gasteiger partial charge on any atom is 0.408 e. The molecular formula is C45H62N2O8. The summed E-state index contributed by atoms with van der Waals surface area (Å²) < 4.78 is 21.7. The number of carbonyl (C=O) groups excluding carboxylic acids is 4. The first-order valence-electron chi connectivity index (χ1n) is 18.8. The van der Waals surface area contributed by atoms with E-state index in [4.69, 9.17) is 25.4 Å². The van der Waals surface area contributed by atoms with E-state index < -0.39 is 35.1 Å². The average Bonchev–Trinajstić information content (AvgIpc) is 3.12. The Bertz CT molecular complexity index is 1610. The lowest BCUT2D eigenvalue weighted by molar-refractivity contribution is -0.145. The van der Waals surface area contributed by atoms with Crippen molar-refractivity contribution in [3.05, 3.63) is 102 Å². The Morgan fingerprint density at radius 2 is 1.64 bits per heavy atom. The lowest BCUT2D eigenvalue weighted by Crippen LogP contribution is -2.58. The molecule has 300 valence electrons. The highest BCUT2D eigenvalue weighted by Crippen LogP contribution is 2.27. The number of benzene rings is 2. The Kier molecular flexibility index (Phi) is 21.8. The van der Waals surface area contributed by atoms with Gasteiger partial charge in [0.25, 0.3) is 0 Å². The number of hydrogen-bond donors (Lipinski definition) is 2. The van der Waals surface area contributed by atoms with Crippen LogP contribution < -0.4 is 15.4 Å². The fourth-order valence-electron chi connectivity index (χ4n) is 4.74. The number of unbranched alkanes of at least 4 members (excludes halogenated alkanes) is 1. The first-order valence-corrected chi connectivity index (χ1v) is 18.8. The highest BCUT2D eigenvalue weighted by atomic mass is 16.6. The number of allylic oxidation sites excluding steroid dienone is 5. The molecule has 2 N–H and O–H groups in total. The third-order valence-electron chi connectivity index (χ3n) is 7.88. The zero-order chi connectivity index (χ0) is 41.4. The number of ether oxygens (including phenoxy) is 4. The predicted octanol–water partition coefficient (Wildman–Crippen LogP) is 8.56. The van der Waals surface area contributed by atoms with E-state index in [1.165, 1.54) is 20.8 Å². The van der Waals surface area contributed by atoms with Crippen LogP contribution in [0.2, 0.25) is 0 Å². The molecule has 0 saturated carbocycles. The monoisotopic (exact) mass is 758 g/mol. The van der Waals surface area contributed by atoms with Crippen molar-refractivity contribution in [1.29, 1.82) is 0 Å². The number of terminal acetylenes is 1. The molecule has 1 unspecified atom stereocenters. The Morgan fingerprint density at radius 1 is 0.982 bits per heavy atom. The van der Waals surface area contributed by atoms with Crippen LogP contribution in [0.5, 0.6) is 5.75 Å². The van der Waals surface area contributed by atoms with Gasteiger partial charge in [0, 0.05) is 5.57 Å². The molecular weight excluding hydrogens is 697 g/mol. The Hall–Kier alpha value is -5.14. The van der Waals surface area contributed by atoms with E-state index in [2.05, 4.69) is 30.1 Å². The Labute approximate surface area is 329 Å². The van der Waals surface area contributed by atoms with E-state index in [1.807, 2.05) is 86.7 Å². The highest BCUT2D eigenvalue weighted by molar-refractivity contribution is 5.93. The van der Waals surface area contributed by atoms with Gasteiger partial charge in [-0.1, -0.05) is 92.1 Å². The van der Waals surface area contributed by atoms with Crippen LogP contribution in [-0.2, 0) is 35.2 Å². The van der Waals surface area contributed by atoms with Crippen molar-refractivity contribution in [3.8, 4) is 18.1 Å². The molecule has 10 heteroatoms. The van der Waals surface area contributed by atoms with Crippen molar-refractivity contribution in [3.63, 3.8) is 0 Å². The molecule has 0 heterocycles. The molecule has 2 aromatic rings. The van der Waals surface area contributed by atoms with Crippen molar-refractivity contribution in [2.45, 2.75) is 118 Å². The second kappa shape index (κ2) is 25.0. The lowest BCUT2D eigenvalue weighted by Gasteiger charge is -2.29. The zero-order valence-electron chi connectivity index (χ0n) is 34.3. The maximum absolute atomic E-state index is 12.5. The van der Waals surface area contributed by atoms with Crippen molar-refractivity contribution >= 4 is 23.8 Å². The van der Waals surface area contributed by atoms with Gasteiger partial charge in [-0.15, -0.1) is 6.42 Å². The number of rotatable bonds is 20. The first kappa shape index (κ1) is 47.9. The van der Waals surface area contributed by atoms with E-state index in [-0.39, 0.29) is 18.4 Å². The third-order valence-corrected chi connectivity index (χ3v) is 7.88. The van der Waals surface area contributed by atoms with Crippen LogP contribution in [0.3, 0.4) is 0 Å². The molecule has 0 radical (unpaired) electrons. The minimum atomic E-state index is -1.25. The number of esters is 1. The highest BCUT2D eigenvalue weighted by Gasteiger charge is 2.33. The summed E-state index contributed by atoms with van der Waals surface area (Å²) in [6, 6.07) is 16.4. The Balaban J connectivity index is 0.000000550. The number of alkyl carbamates (subject to hydrolysis) is 1. The summed E-state index contributed by atoms with van der Waals surface area (Å²) in [7, 11) is 0. The van der Waals surface area contributed by atoms with Crippen molar-refractivity contribution in [2.24, 2.45) is 0 Å². The summed E-state index contributed by atoms with van der Waals surface area (Å²) in [5.41, 5.74) is 1.71. The van der Waals surface area contributed by atoms with Gasteiger partial charge in [-0.3, -0.25) is 14.4 Å². The molecule has 2 atom stereocenters. The van der Waals surface area contributed by atoms with E-state index in [9.17, 15) is 19.2 Å². The van der Waals surface area contributed by atoms with Gasteiger partial charge in [0.1, 0.15) is 22.9 Å². The van der Waals surface area contributed by atoms with Crippen LogP contribution in [0.15, 0.2) is 90.6 Å². The number of amides is 2. The van der Waals surface area contributed by atoms with Crippen LogP contribution >= 0.6 is 0 Å². The molecule has 10 nitrogen and oxygen atoms in total. The minimum absolute atomic E-state index is 0.0402. The average molecular weight is 759 g/mol. The molecule has 0 aromatic heterocycles. The van der Waals surface area contributed by atoms with Gasteiger partial charge in [0.2, 0.25) is 5.91 Å². The molecule has 2 aromatic carbocycles. The number of ketones is 1. The normalized spacial score (nSPS) is 12.6. The topological polar surface area (TPSA) is 129 Å². The molecule has 0 aliphatic rings. The summed E-state index contributed by atoms with van der Waals surface area (Å²) in [6.45, 7) is 21.0. The van der Waals surface area contributed by atoms with E-state index in [0.717, 1.165) is 40.9 Å².